The van der Waals surface area contributed by atoms with Gasteiger partial charge in [-0.05, 0) is 38.8 Å². The van der Waals surface area contributed by atoms with Gasteiger partial charge in [0.15, 0.2) is 5.78 Å². The van der Waals surface area contributed by atoms with Gasteiger partial charge in [-0.3, -0.25) is 9.59 Å². The summed E-state index contributed by atoms with van der Waals surface area (Å²) in [6, 6.07) is 2.00. The molecule has 5 heteroatoms. The second-order valence-electron chi connectivity index (χ2n) is 6.06. The topological polar surface area (TPSA) is 59.1 Å². The number of carbonyl (C=O) groups excluding carboxylic acids is 2. The van der Waals surface area contributed by atoms with Crippen molar-refractivity contribution in [3.63, 3.8) is 0 Å². The molecule has 0 aromatic carbocycles. The van der Waals surface area contributed by atoms with Gasteiger partial charge in [-0.15, -0.1) is 11.3 Å². The van der Waals surface area contributed by atoms with E-state index in [0.717, 1.165) is 28.6 Å². The number of rotatable bonds is 7. The summed E-state index contributed by atoms with van der Waals surface area (Å²) in [5.74, 6) is -0.0561. The van der Waals surface area contributed by atoms with Gasteiger partial charge >= 0.3 is 0 Å². The van der Waals surface area contributed by atoms with E-state index < -0.39 is 0 Å². The summed E-state index contributed by atoms with van der Waals surface area (Å²) >= 11 is 1.39. The number of nitrogens with zero attached hydrogens (tertiary/aromatic N) is 1. The molecule has 1 atom stereocenters. The maximum atomic E-state index is 12.5. The Morgan fingerprint density at radius 2 is 2.09 bits per heavy atom. The first-order chi connectivity index (χ1) is 10.9. The maximum absolute atomic E-state index is 12.5. The van der Waals surface area contributed by atoms with Crippen molar-refractivity contribution in [2.24, 2.45) is 0 Å². The summed E-state index contributed by atoms with van der Waals surface area (Å²) in [4.78, 5) is 29.8. The summed E-state index contributed by atoms with van der Waals surface area (Å²) in [5, 5.41) is 3.97. The van der Waals surface area contributed by atoms with E-state index in [4.69, 9.17) is 0 Å². The fourth-order valence-corrected chi connectivity index (χ4v) is 3.60. The first-order valence-electron chi connectivity index (χ1n) is 8.15. The Labute approximate surface area is 141 Å². The predicted octanol–water partition coefficient (Wildman–Crippen LogP) is 4.51. The summed E-state index contributed by atoms with van der Waals surface area (Å²) in [7, 11) is 0. The lowest BCUT2D eigenvalue weighted by atomic mass is 10.1. The van der Waals surface area contributed by atoms with Crippen LogP contribution >= 0.6 is 11.3 Å². The molecule has 0 fully saturated rings. The van der Waals surface area contributed by atoms with E-state index >= 15 is 0 Å². The summed E-state index contributed by atoms with van der Waals surface area (Å²) in [6.45, 7) is 7.66. The molecule has 0 aliphatic heterocycles. The van der Waals surface area contributed by atoms with Crippen LogP contribution in [0.4, 0.5) is 0 Å². The molecule has 0 spiro atoms. The van der Waals surface area contributed by atoms with Crippen LogP contribution in [-0.2, 0) is 0 Å². The second-order valence-corrected chi connectivity index (χ2v) is 7.06. The zero-order valence-electron chi connectivity index (χ0n) is 14.2. The number of hydrogen-bond acceptors (Lipinski definition) is 4. The number of carbonyl (C=O) groups is 2. The first-order valence-corrected chi connectivity index (χ1v) is 8.96. The fourth-order valence-electron chi connectivity index (χ4n) is 2.57. The van der Waals surface area contributed by atoms with Crippen molar-refractivity contribution in [3.8, 4) is 0 Å². The van der Waals surface area contributed by atoms with Gasteiger partial charge in [-0.25, -0.2) is 4.98 Å². The lowest BCUT2D eigenvalue weighted by molar-refractivity contribution is 0.0940. The number of pyridine rings is 1. The Kier molecular flexibility index (Phi) is 5.88. The van der Waals surface area contributed by atoms with E-state index in [1.807, 2.05) is 19.9 Å². The third-order valence-corrected chi connectivity index (χ3v) is 5.24. The highest BCUT2D eigenvalue weighted by Crippen LogP contribution is 2.30. The monoisotopic (exact) mass is 332 g/mol. The van der Waals surface area contributed by atoms with Crippen LogP contribution in [0.15, 0.2) is 12.3 Å². The molecule has 1 amide bonds. The Bertz CT molecular complexity index is 721. The van der Waals surface area contributed by atoms with Crippen molar-refractivity contribution in [2.45, 2.75) is 59.4 Å². The molecule has 0 saturated heterocycles. The first kappa shape index (κ1) is 17.6. The van der Waals surface area contributed by atoms with E-state index in [1.165, 1.54) is 31.1 Å². The van der Waals surface area contributed by atoms with E-state index in [0.29, 0.717) is 10.4 Å². The molecule has 0 saturated carbocycles. The van der Waals surface area contributed by atoms with Gasteiger partial charge in [0.1, 0.15) is 4.83 Å². The summed E-state index contributed by atoms with van der Waals surface area (Å²) in [6.07, 6.45) is 6.08. The number of ketones is 1. The molecule has 124 valence electrons. The van der Waals surface area contributed by atoms with Crippen molar-refractivity contribution >= 4 is 33.2 Å². The highest BCUT2D eigenvalue weighted by Gasteiger charge is 2.18. The number of fused-ring (bicyclic) bond motifs is 1. The lowest BCUT2D eigenvalue weighted by Crippen LogP contribution is -2.32. The van der Waals surface area contributed by atoms with Crippen molar-refractivity contribution in [3.05, 3.63) is 28.3 Å². The molecule has 0 bridgehead atoms. The minimum Gasteiger partial charge on any atom is -0.349 e. The Morgan fingerprint density at radius 3 is 2.74 bits per heavy atom. The van der Waals surface area contributed by atoms with Crippen LogP contribution in [-0.4, -0.2) is 22.7 Å². The number of aryl methyl sites for hydroxylation is 1. The van der Waals surface area contributed by atoms with E-state index in [2.05, 4.69) is 17.2 Å². The maximum Gasteiger partial charge on any atom is 0.261 e. The van der Waals surface area contributed by atoms with Gasteiger partial charge in [-0.1, -0.05) is 26.2 Å². The normalized spacial score (nSPS) is 12.3. The smallest absolute Gasteiger partial charge is 0.261 e. The molecule has 2 aromatic rings. The number of unbranched alkanes of at least 4 members (excludes halogenated alkanes) is 2. The highest BCUT2D eigenvalue weighted by atomic mass is 32.1. The van der Waals surface area contributed by atoms with Crippen LogP contribution in [0.5, 0.6) is 0 Å². The number of aromatic nitrogens is 1. The molecule has 1 N–H and O–H groups in total. The fraction of sp³-hybridized carbons (Fsp3) is 0.500. The molecule has 4 nitrogen and oxygen atoms in total. The SMILES string of the molecule is CCCCC[C@@H](C)NC(=O)c1sc2ncc(C(C)=O)cc2c1C. The van der Waals surface area contributed by atoms with Crippen molar-refractivity contribution in [1.29, 1.82) is 0 Å². The highest BCUT2D eigenvalue weighted by molar-refractivity contribution is 7.20. The zero-order chi connectivity index (χ0) is 17.0. The number of hydrogen-bond donors (Lipinski definition) is 1. The number of thiophene rings is 1. The lowest BCUT2D eigenvalue weighted by Gasteiger charge is -2.13. The third-order valence-electron chi connectivity index (χ3n) is 4.03. The van der Waals surface area contributed by atoms with Gasteiger partial charge in [-0.2, -0.15) is 0 Å². The quantitative estimate of drug-likeness (QED) is 0.599. The molecular weight excluding hydrogens is 308 g/mol. The van der Waals surface area contributed by atoms with Crippen LogP contribution < -0.4 is 5.32 Å². The third kappa shape index (κ3) is 4.16. The largest absolute Gasteiger partial charge is 0.349 e. The Morgan fingerprint density at radius 1 is 1.35 bits per heavy atom. The van der Waals surface area contributed by atoms with E-state index in [9.17, 15) is 9.59 Å². The number of amides is 1. The van der Waals surface area contributed by atoms with E-state index in [1.54, 1.807) is 6.20 Å². The zero-order valence-corrected chi connectivity index (χ0v) is 15.0. The standard InChI is InChI=1S/C18H24N2O2S/c1-5-6-7-8-11(2)20-17(22)16-12(3)15-9-14(13(4)21)10-19-18(15)23-16/h9-11H,5-8H2,1-4H3,(H,20,22)/t11-/m1/s1. The van der Waals surface area contributed by atoms with Crippen LogP contribution in [0.3, 0.4) is 0 Å². The molecule has 2 aromatic heterocycles. The van der Waals surface area contributed by atoms with E-state index in [-0.39, 0.29) is 17.7 Å². The molecule has 2 rings (SSSR count). The van der Waals surface area contributed by atoms with Crippen molar-refractivity contribution < 1.29 is 9.59 Å². The van der Waals surface area contributed by atoms with Gasteiger partial charge < -0.3 is 5.32 Å². The molecule has 2 heterocycles. The average molecular weight is 332 g/mol. The molecule has 0 unspecified atom stereocenters. The van der Waals surface area contributed by atoms with Gasteiger partial charge in [0.25, 0.3) is 5.91 Å². The molecule has 0 aliphatic rings. The summed E-state index contributed by atoms with van der Waals surface area (Å²) < 4.78 is 0. The molecule has 23 heavy (non-hydrogen) atoms. The Hall–Kier alpha value is -1.75. The average Bonchev–Trinajstić information content (AvgIpc) is 2.84. The molecule has 0 aliphatic carbocycles. The Balaban J connectivity index is 2.17. The second kappa shape index (κ2) is 7.68. The van der Waals surface area contributed by atoms with Gasteiger partial charge in [0.2, 0.25) is 0 Å². The van der Waals surface area contributed by atoms with Gasteiger partial charge in [0.05, 0.1) is 4.88 Å². The minimum atomic E-state index is -0.0427. The van der Waals surface area contributed by atoms with Crippen LogP contribution in [0.25, 0.3) is 10.2 Å². The molecular formula is C18H24N2O2S. The van der Waals surface area contributed by atoms with Crippen molar-refractivity contribution in [1.82, 2.24) is 10.3 Å². The summed E-state index contributed by atoms with van der Waals surface area (Å²) in [5.41, 5.74) is 1.48. The van der Waals surface area contributed by atoms with Crippen molar-refractivity contribution in [2.75, 3.05) is 0 Å². The minimum absolute atomic E-state index is 0.0134. The predicted molar refractivity (Wildman–Crippen MR) is 95.4 cm³/mol. The molecule has 0 radical (unpaired) electrons. The number of nitrogens with one attached hydrogen (secondary N) is 1. The van der Waals surface area contributed by atoms with Crippen LogP contribution in [0.1, 0.15) is 72.0 Å². The number of Topliss-reactive ketones (excluding diaryl/α,β-unsaturated/α-hetero) is 1. The van der Waals surface area contributed by atoms with Crippen LogP contribution in [0, 0.1) is 6.92 Å². The van der Waals surface area contributed by atoms with Crippen LogP contribution in [0.2, 0.25) is 0 Å². The van der Waals surface area contributed by atoms with Gasteiger partial charge in [0, 0.05) is 23.2 Å².